The van der Waals surface area contributed by atoms with Crippen molar-refractivity contribution in [1.29, 1.82) is 10.8 Å². The molecular formula is C5H9N3. The molecule has 0 heterocycles. The molecule has 0 radical (unpaired) electrons. The van der Waals surface area contributed by atoms with Gasteiger partial charge in [-0.2, -0.15) is 0 Å². The van der Waals surface area contributed by atoms with E-state index in [9.17, 15) is 0 Å². The Morgan fingerprint density at radius 3 is 2.25 bits per heavy atom. The van der Waals surface area contributed by atoms with Crippen LogP contribution >= 0.6 is 0 Å². The molecule has 0 unspecified atom stereocenters. The fourth-order valence-corrected chi connectivity index (χ4v) is 0.287. The van der Waals surface area contributed by atoms with Gasteiger partial charge < -0.3 is 11.1 Å². The zero-order valence-electron chi connectivity index (χ0n) is 4.73. The van der Waals surface area contributed by atoms with E-state index >= 15 is 0 Å². The molecule has 4 N–H and O–H groups in total. The van der Waals surface area contributed by atoms with Gasteiger partial charge in [0.1, 0.15) is 5.84 Å². The monoisotopic (exact) mass is 111 g/mol. The van der Waals surface area contributed by atoms with Crippen LogP contribution in [0.2, 0.25) is 0 Å². The number of rotatable bonds is 2. The van der Waals surface area contributed by atoms with E-state index in [0.717, 1.165) is 6.21 Å². The standard InChI is InChI=1S/C5H9N3/c1-4(3-6)2-5(7)8/h2-3,6H,1H3,(H3,7,8)/b4-2-,6-3?. The summed E-state index contributed by atoms with van der Waals surface area (Å²) >= 11 is 0. The van der Waals surface area contributed by atoms with Crippen molar-refractivity contribution in [1.82, 2.24) is 0 Å². The molecule has 0 rings (SSSR count). The first-order chi connectivity index (χ1) is 3.66. The summed E-state index contributed by atoms with van der Waals surface area (Å²) in [6.07, 6.45) is 2.58. The van der Waals surface area contributed by atoms with E-state index in [1.54, 1.807) is 6.92 Å². The molecule has 0 spiro atoms. The molecule has 0 aromatic heterocycles. The highest BCUT2D eigenvalue weighted by Crippen LogP contribution is 1.82. The molecular weight excluding hydrogens is 102 g/mol. The van der Waals surface area contributed by atoms with Crippen LogP contribution in [0, 0.1) is 10.8 Å². The molecule has 0 aliphatic heterocycles. The maximum absolute atomic E-state index is 6.73. The molecule has 0 aliphatic carbocycles. The molecule has 3 heteroatoms. The maximum atomic E-state index is 6.73. The lowest BCUT2D eigenvalue weighted by atomic mass is 10.3. The van der Waals surface area contributed by atoms with Crippen molar-refractivity contribution in [3.63, 3.8) is 0 Å². The van der Waals surface area contributed by atoms with Crippen molar-refractivity contribution in [2.45, 2.75) is 6.92 Å². The van der Waals surface area contributed by atoms with E-state index in [4.69, 9.17) is 16.6 Å². The average molecular weight is 111 g/mol. The highest BCUT2D eigenvalue weighted by atomic mass is 14.7. The topological polar surface area (TPSA) is 73.7 Å². The van der Waals surface area contributed by atoms with Crippen LogP contribution < -0.4 is 5.73 Å². The highest BCUT2D eigenvalue weighted by molar-refractivity contribution is 5.94. The van der Waals surface area contributed by atoms with Crippen molar-refractivity contribution in [2.75, 3.05) is 0 Å². The third-order valence-corrected chi connectivity index (χ3v) is 0.611. The second-order valence-electron chi connectivity index (χ2n) is 1.49. The van der Waals surface area contributed by atoms with Crippen LogP contribution in [0.25, 0.3) is 0 Å². The van der Waals surface area contributed by atoms with Crippen molar-refractivity contribution in [2.24, 2.45) is 5.73 Å². The highest BCUT2D eigenvalue weighted by Gasteiger charge is 1.80. The van der Waals surface area contributed by atoms with Crippen LogP contribution in [0.4, 0.5) is 0 Å². The molecule has 0 aromatic carbocycles. The molecule has 0 fully saturated rings. The lowest BCUT2D eigenvalue weighted by molar-refractivity contribution is 1.44. The van der Waals surface area contributed by atoms with Gasteiger partial charge in [0, 0.05) is 6.21 Å². The average Bonchev–Trinajstić information content (AvgIpc) is 1.65. The number of amidine groups is 1. The Morgan fingerprint density at radius 1 is 1.62 bits per heavy atom. The van der Waals surface area contributed by atoms with Gasteiger partial charge in [-0.15, -0.1) is 0 Å². The first kappa shape index (κ1) is 6.88. The second-order valence-corrected chi connectivity index (χ2v) is 1.49. The third kappa shape index (κ3) is 3.08. The van der Waals surface area contributed by atoms with Crippen LogP contribution in [0.15, 0.2) is 11.6 Å². The van der Waals surface area contributed by atoms with E-state index in [1.165, 1.54) is 6.08 Å². The molecule has 0 saturated heterocycles. The minimum absolute atomic E-state index is 0.00833. The Morgan fingerprint density at radius 2 is 2.12 bits per heavy atom. The Kier molecular flexibility index (Phi) is 2.54. The fourth-order valence-electron chi connectivity index (χ4n) is 0.287. The minimum Gasteiger partial charge on any atom is -0.384 e. The first-order valence-corrected chi connectivity index (χ1v) is 2.19. The number of allylic oxidation sites excluding steroid dienone is 1. The number of nitrogens with one attached hydrogen (secondary N) is 2. The number of nitrogens with two attached hydrogens (primary N) is 1. The first-order valence-electron chi connectivity index (χ1n) is 2.19. The summed E-state index contributed by atoms with van der Waals surface area (Å²) in [5.41, 5.74) is 5.66. The molecule has 0 amide bonds. The van der Waals surface area contributed by atoms with Crippen LogP contribution in [0.5, 0.6) is 0 Å². The summed E-state index contributed by atoms with van der Waals surface area (Å²) in [7, 11) is 0. The summed E-state index contributed by atoms with van der Waals surface area (Å²) in [4.78, 5) is 0. The summed E-state index contributed by atoms with van der Waals surface area (Å²) in [6, 6.07) is 0. The zero-order chi connectivity index (χ0) is 6.57. The Bertz CT molecular complexity index is 135. The van der Waals surface area contributed by atoms with Crippen LogP contribution in [0.3, 0.4) is 0 Å². The van der Waals surface area contributed by atoms with E-state index in [-0.39, 0.29) is 5.84 Å². The third-order valence-electron chi connectivity index (χ3n) is 0.611. The van der Waals surface area contributed by atoms with E-state index in [0.29, 0.717) is 5.57 Å². The molecule has 0 bridgehead atoms. The predicted molar refractivity (Wildman–Crippen MR) is 34.5 cm³/mol. The van der Waals surface area contributed by atoms with Crippen molar-refractivity contribution < 1.29 is 0 Å². The van der Waals surface area contributed by atoms with Gasteiger partial charge in [0.05, 0.1) is 0 Å². The van der Waals surface area contributed by atoms with Gasteiger partial charge in [-0.3, -0.25) is 5.41 Å². The maximum Gasteiger partial charge on any atom is 0.115 e. The van der Waals surface area contributed by atoms with Crippen molar-refractivity contribution in [3.05, 3.63) is 11.6 Å². The largest absolute Gasteiger partial charge is 0.384 e. The Hall–Kier alpha value is -1.12. The second kappa shape index (κ2) is 2.96. The van der Waals surface area contributed by atoms with Gasteiger partial charge in [-0.1, -0.05) is 0 Å². The van der Waals surface area contributed by atoms with Gasteiger partial charge >= 0.3 is 0 Å². The molecule has 0 saturated carbocycles. The lowest BCUT2D eigenvalue weighted by Gasteiger charge is -1.85. The zero-order valence-corrected chi connectivity index (χ0v) is 4.73. The smallest absolute Gasteiger partial charge is 0.115 e. The molecule has 0 atom stereocenters. The van der Waals surface area contributed by atoms with E-state index < -0.39 is 0 Å². The Labute approximate surface area is 48.2 Å². The molecule has 8 heavy (non-hydrogen) atoms. The van der Waals surface area contributed by atoms with Crippen molar-refractivity contribution >= 4 is 12.1 Å². The summed E-state index contributed by atoms with van der Waals surface area (Å²) in [5.74, 6) is -0.00833. The summed E-state index contributed by atoms with van der Waals surface area (Å²) in [6.45, 7) is 1.72. The normalized spacial score (nSPS) is 10.9. The van der Waals surface area contributed by atoms with Crippen LogP contribution in [-0.4, -0.2) is 12.1 Å². The lowest BCUT2D eigenvalue weighted by Crippen LogP contribution is -2.05. The van der Waals surface area contributed by atoms with Gasteiger partial charge in [0.15, 0.2) is 0 Å². The summed E-state index contributed by atoms with van der Waals surface area (Å²) < 4.78 is 0. The van der Waals surface area contributed by atoms with Crippen LogP contribution in [0.1, 0.15) is 6.92 Å². The Balaban J connectivity index is 3.94. The van der Waals surface area contributed by atoms with E-state index in [1.807, 2.05) is 0 Å². The predicted octanol–water partition coefficient (Wildman–Crippen LogP) is 0.518. The van der Waals surface area contributed by atoms with E-state index in [2.05, 4.69) is 0 Å². The quantitative estimate of drug-likeness (QED) is 0.352. The van der Waals surface area contributed by atoms with Gasteiger partial charge in [0.2, 0.25) is 0 Å². The molecule has 0 aromatic rings. The van der Waals surface area contributed by atoms with Gasteiger partial charge in [-0.25, -0.2) is 0 Å². The van der Waals surface area contributed by atoms with Crippen molar-refractivity contribution in [3.8, 4) is 0 Å². The summed E-state index contributed by atoms with van der Waals surface area (Å²) in [5, 5.41) is 13.4. The van der Waals surface area contributed by atoms with Gasteiger partial charge in [0.25, 0.3) is 0 Å². The SMILES string of the molecule is C/C(C=N)=C/C(=N)N. The molecule has 0 aliphatic rings. The number of hydrogen-bond acceptors (Lipinski definition) is 2. The fraction of sp³-hybridized carbons (Fsp3) is 0.200. The minimum atomic E-state index is -0.00833. The molecule has 3 nitrogen and oxygen atoms in total. The van der Waals surface area contributed by atoms with Crippen LogP contribution in [-0.2, 0) is 0 Å². The van der Waals surface area contributed by atoms with Gasteiger partial charge in [-0.05, 0) is 18.6 Å². The number of hydrogen-bond donors (Lipinski definition) is 3. The molecule has 44 valence electrons.